The summed E-state index contributed by atoms with van der Waals surface area (Å²) in [6.07, 6.45) is 7.00. The monoisotopic (exact) mass is 251 g/mol. The summed E-state index contributed by atoms with van der Waals surface area (Å²) in [5, 5.41) is 16.6. The molecule has 3 rings (SSSR count). The van der Waals surface area contributed by atoms with Crippen molar-refractivity contribution in [3.63, 3.8) is 0 Å². The number of aliphatic imine (C=N–C) groups is 1. The minimum Gasteiger partial charge on any atom is -0.299 e. The third kappa shape index (κ3) is 2.22. The molecule has 1 heterocycles. The summed E-state index contributed by atoms with van der Waals surface area (Å²) in [5.41, 5.74) is 2.76. The number of nitrogens with zero attached hydrogens (tertiary/aromatic N) is 4. The van der Waals surface area contributed by atoms with E-state index < -0.39 is 0 Å². The molecule has 1 atom stereocenters. The maximum absolute atomic E-state index is 7.79. The summed E-state index contributed by atoms with van der Waals surface area (Å²) in [6.45, 7) is 1.91. The lowest BCUT2D eigenvalue weighted by atomic mass is 10.1. The Bertz CT molecular complexity index is 687. The average molecular weight is 251 g/mol. The molecule has 1 aromatic carbocycles. The first kappa shape index (κ1) is 11.5. The van der Waals surface area contributed by atoms with Crippen molar-refractivity contribution >= 4 is 22.5 Å². The molecule has 5 nitrogen and oxygen atoms in total. The van der Waals surface area contributed by atoms with Crippen LogP contribution < -0.4 is 0 Å². The largest absolute Gasteiger partial charge is 0.299 e. The van der Waals surface area contributed by atoms with Crippen molar-refractivity contribution in [3.8, 4) is 0 Å². The van der Waals surface area contributed by atoms with Gasteiger partial charge in [-0.25, -0.2) is 0 Å². The lowest BCUT2D eigenvalue weighted by Gasteiger charge is -2.08. The van der Waals surface area contributed by atoms with Gasteiger partial charge in [0.1, 0.15) is 11.0 Å². The van der Waals surface area contributed by atoms with Gasteiger partial charge in [-0.3, -0.25) is 10.4 Å². The lowest BCUT2D eigenvalue weighted by Crippen LogP contribution is -2.14. The van der Waals surface area contributed by atoms with Gasteiger partial charge in [0.25, 0.3) is 0 Å². The lowest BCUT2D eigenvalue weighted by molar-refractivity contribution is 0.456. The molecule has 94 valence electrons. The zero-order chi connectivity index (χ0) is 13.2. The first-order valence-corrected chi connectivity index (χ1v) is 6.07. The van der Waals surface area contributed by atoms with Crippen molar-refractivity contribution in [2.45, 2.75) is 13.1 Å². The molecule has 1 aromatic heterocycles. The van der Waals surface area contributed by atoms with Crippen LogP contribution in [0.15, 0.2) is 53.6 Å². The third-order valence-corrected chi connectivity index (χ3v) is 2.87. The maximum Gasteiger partial charge on any atom is 0.159 e. The highest BCUT2D eigenvalue weighted by molar-refractivity contribution is 6.50. The molecule has 0 unspecified atom stereocenters. The fraction of sp³-hybridized carbons (Fsp3) is 0.143. The van der Waals surface area contributed by atoms with Crippen LogP contribution in [-0.2, 0) is 0 Å². The van der Waals surface area contributed by atoms with E-state index in [-0.39, 0.29) is 6.17 Å². The number of benzene rings is 1. The zero-order valence-electron chi connectivity index (χ0n) is 10.5. The first-order chi connectivity index (χ1) is 9.24. The van der Waals surface area contributed by atoms with E-state index in [1.54, 1.807) is 10.9 Å². The van der Waals surface area contributed by atoms with Crippen molar-refractivity contribution in [1.82, 2.24) is 15.0 Å². The van der Waals surface area contributed by atoms with Gasteiger partial charge in [0.05, 0.1) is 11.4 Å². The molecule has 1 N–H and O–H groups in total. The molecule has 5 heteroatoms. The predicted octanol–water partition coefficient (Wildman–Crippen LogP) is 2.54. The normalized spacial score (nSPS) is 18.4. The second kappa shape index (κ2) is 4.61. The molecule has 0 fully saturated rings. The van der Waals surface area contributed by atoms with Crippen LogP contribution in [0.4, 0.5) is 0 Å². The van der Waals surface area contributed by atoms with E-state index in [4.69, 9.17) is 5.41 Å². The molecule has 0 aliphatic heterocycles. The number of rotatable bonds is 2. The molecule has 2 aromatic rings. The minimum atomic E-state index is -0.237. The highest BCUT2D eigenvalue weighted by Gasteiger charge is 2.10. The van der Waals surface area contributed by atoms with Gasteiger partial charge in [-0.2, -0.15) is 15.0 Å². The Kier molecular flexibility index (Phi) is 2.79. The van der Waals surface area contributed by atoms with Crippen LogP contribution >= 0.6 is 0 Å². The quantitative estimate of drug-likeness (QED) is 0.833. The molecule has 0 spiro atoms. The maximum atomic E-state index is 7.79. The van der Waals surface area contributed by atoms with E-state index in [0.717, 1.165) is 11.0 Å². The van der Waals surface area contributed by atoms with Gasteiger partial charge in [-0.1, -0.05) is 24.3 Å². The summed E-state index contributed by atoms with van der Waals surface area (Å²) >= 11 is 0. The summed E-state index contributed by atoms with van der Waals surface area (Å²) in [4.78, 5) is 6.05. The van der Waals surface area contributed by atoms with Crippen LogP contribution in [0.25, 0.3) is 11.0 Å². The third-order valence-electron chi connectivity index (χ3n) is 2.87. The smallest absolute Gasteiger partial charge is 0.159 e. The van der Waals surface area contributed by atoms with Gasteiger partial charge in [-0.05, 0) is 31.2 Å². The molecule has 0 saturated heterocycles. The molecule has 0 bridgehead atoms. The van der Waals surface area contributed by atoms with Gasteiger partial charge in [0.15, 0.2) is 6.17 Å². The Morgan fingerprint density at radius 1 is 1.11 bits per heavy atom. The van der Waals surface area contributed by atoms with Gasteiger partial charge in [0.2, 0.25) is 0 Å². The topological polar surface area (TPSA) is 66.9 Å². The summed E-state index contributed by atoms with van der Waals surface area (Å²) in [5.74, 6) is 0. The fourth-order valence-electron chi connectivity index (χ4n) is 1.88. The average Bonchev–Trinajstić information content (AvgIpc) is 2.85. The number of fused-ring (bicyclic) bond motifs is 1. The van der Waals surface area contributed by atoms with E-state index in [1.807, 2.05) is 49.4 Å². The van der Waals surface area contributed by atoms with Gasteiger partial charge in [0, 0.05) is 0 Å². The predicted molar refractivity (Wildman–Crippen MR) is 75.7 cm³/mol. The molecule has 19 heavy (non-hydrogen) atoms. The van der Waals surface area contributed by atoms with Crippen LogP contribution in [0.2, 0.25) is 0 Å². The Morgan fingerprint density at radius 3 is 2.37 bits per heavy atom. The summed E-state index contributed by atoms with van der Waals surface area (Å²) < 4.78 is 0. The van der Waals surface area contributed by atoms with Crippen molar-refractivity contribution in [3.05, 3.63) is 48.6 Å². The van der Waals surface area contributed by atoms with E-state index >= 15 is 0 Å². The zero-order valence-corrected chi connectivity index (χ0v) is 10.5. The van der Waals surface area contributed by atoms with Crippen LogP contribution in [0.5, 0.6) is 0 Å². The molecule has 1 aliphatic rings. The number of nitrogens with one attached hydrogen (secondary N) is 1. The molecular weight excluding hydrogens is 238 g/mol. The van der Waals surface area contributed by atoms with E-state index in [1.165, 1.54) is 0 Å². The van der Waals surface area contributed by atoms with Crippen LogP contribution in [0, 0.1) is 5.41 Å². The summed E-state index contributed by atoms with van der Waals surface area (Å²) in [6, 6.07) is 7.71. The van der Waals surface area contributed by atoms with Gasteiger partial charge >= 0.3 is 0 Å². The Labute approximate surface area is 110 Å². The van der Waals surface area contributed by atoms with Crippen molar-refractivity contribution in [2.24, 2.45) is 4.99 Å². The molecule has 0 amide bonds. The Balaban J connectivity index is 1.93. The summed E-state index contributed by atoms with van der Waals surface area (Å²) in [7, 11) is 0. The number of hydrogen-bond acceptors (Lipinski definition) is 4. The second-order valence-electron chi connectivity index (χ2n) is 4.29. The minimum absolute atomic E-state index is 0.237. The highest BCUT2D eigenvalue weighted by Crippen LogP contribution is 2.13. The Morgan fingerprint density at radius 2 is 1.74 bits per heavy atom. The molecular formula is C14H13N5. The van der Waals surface area contributed by atoms with Crippen molar-refractivity contribution < 1.29 is 0 Å². The van der Waals surface area contributed by atoms with Gasteiger partial charge in [-0.15, -0.1) is 0 Å². The van der Waals surface area contributed by atoms with Crippen LogP contribution in [0.1, 0.15) is 13.1 Å². The van der Waals surface area contributed by atoms with Crippen LogP contribution in [-0.4, -0.2) is 26.4 Å². The fourth-order valence-corrected chi connectivity index (χ4v) is 1.88. The first-order valence-electron chi connectivity index (χ1n) is 6.07. The van der Waals surface area contributed by atoms with Gasteiger partial charge < -0.3 is 0 Å². The molecule has 0 saturated carbocycles. The Hall–Kier alpha value is -2.56. The van der Waals surface area contributed by atoms with E-state index in [9.17, 15) is 0 Å². The number of aromatic nitrogens is 3. The SMILES string of the molecule is C[C@H](/N=C1/C=CC=CC1=N)n1nc2ccccc2n1. The molecule has 0 radical (unpaired) electrons. The van der Waals surface area contributed by atoms with Crippen molar-refractivity contribution in [2.75, 3.05) is 0 Å². The number of allylic oxidation sites excluding steroid dienone is 4. The van der Waals surface area contributed by atoms with Crippen molar-refractivity contribution in [1.29, 1.82) is 5.41 Å². The highest BCUT2D eigenvalue weighted by atomic mass is 15.5. The molecule has 1 aliphatic carbocycles. The van der Waals surface area contributed by atoms with E-state index in [0.29, 0.717) is 11.4 Å². The van der Waals surface area contributed by atoms with Crippen LogP contribution in [0.3, 0.4) is 0 Å². The standard InChI is InChI=1S/C14H13N5/c1-10(16-12-7-3-2-6-11(12)15)19-17-13-8-4-5-9-14(13)18-19/h2-10,15H,1H3/b15-11?,16-12-/t10-/m1/s1. The second-order valence-corrected chi connectivity index (χ2v) is 4.29. The number of hydrogen-bond donors (Lipinski definition) is 1. The van der Waals surface area contributed by atoms with E-state index in [2.05, 4.69) is 15.2 Å².